The number of piperidine rings is 1. The summed E-state index contributed by atoms with van der Waals surface area (Å²) in [4.78, 5) is 18.3. The largest absolute Gasteiger partial charge is 0.342 e. The van der Waals surface area contributed by atoms with Crippen LogP contribution in [0.25, 0.3) is 6.08 Å². The number of hydrogen-bond donors (Lipinski definition) is 0. The summed E-state index contributed by atoms with van der Waals surface area (Å²) < 4.78 is 15.7. The van der Waals surface area contributed by atoms with E-state index >= 15 is 0 Å². The molecule has 0 N–H and O–H groups in total. The molecule has 0 bridgehead atoms. The topological polar surface area (TPSA) is 38.1 Å². The maximum atomic E-state index is 13.6. The molecule has 1 aromatic carbocycles. The van der Waals surface area contributed by atoms with Crippen LogP contribution in [0.4, 0.5) is 4.39 Å². The molecule has 1 saturated heterocycles. The van der Waals surface area contributed by atoms with E-state index in [9.17, 15) is 9.18 Å². The smallest absolute Gasteiger partial charge is 0.226 e. The molecule has 0 saturated carbocycles. The van der Waals surface area contributed by atoms with Gasteiger partial charge in [0.25, 0.3) is 0 Å². The fraction of sp³-hybridized carbons (Fsp3) is 0.429. The molecule has 5 heteroatoms. The van der Waals surface area contributed by atoms with E-state index in [-0.39, 0.29) is 11.7 Å². The Morgan fingerprint density at radius 1 is 1.27 bits per heavy atom. The minimum Gasteiger partial charge on any atom is -0.342 e. The number of nitrogens with zero attached hydrogens (tertiary/aromatic N) is 3. The minimum absolute atomic E-state index is 0.134. The van der Waals surface area contributed by atoms with Gasteiger partial charge in [-0.25, -0.2) is 9.37 Å². The maximum Gasteiger partial charge on any atom is 0.226 e. The number of benzene rings is 1. The molecular weight excluding hydrogens is 329 g/mol. The standard InChI is InChI=1S/C21H26FN3O/c22-20-8-2-1-6-19(20)7-3-9-21(26)25-14-10-18(11-15-25)5-4-13-24-16-12-23-17-24/h1-3,6-8,12,16-18H,4-5,9-11,13-15H2/b7-3+. The summed E-state index contributed by atoms with van der Waals surface area (Å²) in [6, 6.07) is 6.60. The lowest BCUT2D eigenvalue weighted by atomic mass is 9.92. The Kier molecular flexibility index (Phi) is 6.58. The van der Waals surface area contributed by atoms with Gasteiger partial charge in [-0.05, 0) is 37.7 Å². The van der Waals surface area contributed by atoms with Crippen LogP contribution in [0.3, 0.4) is 0 Å². The summed E-state index contributed by atoms with van der Waals surface area (Å²) in [5, 5.41) is 0. The average molecular weight is 355 g/mol. The number of carbonyl (C=O) groups is 1. The number of imidazole rings is 1. The fourth-order valence-electron chi connectivity index (χ4n) is 3.48. The van der Waals surface area contributed by atoms with Gasteiger partial charge in [-0.1, -0.05) is 30.4 Å². The molecule has 3 rings (SSSR count). The van der Waals surface area contributed by atoms with Gasteiger partial charge < -0.3 is 9.47 Å². The molecule has 2 aromatic rings. The SMILES string of the molecule is O=C(C/C=C/c1ccccc1F)N1CCC(CCCn2ccnc2)CC1. The highest BCUT2D eigenvalue weighted by atomic mass is 19.1. The first-order valence-electron chi connectivity index (χ1n) is 9.37. The summed E-state index contributed by atoms with van der Waals surface area (Å²) >= 11 is 0. The van der Waals surface area contributed by atoms with E-state index in [1.807, 2.05) is 23.6 Å². The van der Waals surface area contributed by atoms with Crippen molar-refractivity contribution >= 4 is 12.0 Å². The average Bonchev–Trinajstić information content (AvgIpc) is 3.17. The lowest BCUT2D eigenvalue weighted by molar-refractivity contribution is -0.131. The molecule has 4 nitrogen and oxygen atoms in total. The number of hydrogen-bond acceptors (Lipinski definition) is 2. The summed E-state index contributed by atoms with van der Waals surface area (Å²) in [7, 11) is 0. The molecule has 0 unspecified atom stereocenters. The van der Waals surface area contributed by atoms with Crippen LogP contribution in [0.5, 0.6) is 0 Å². The molecule has 1 aliphatic rings. The Morgan fingerprint density at radius 2 is 2.08 bits per heavy atom. The zero-order valence-electron chi connectivity index (χ0n) is 15.1. The van der Waals surface area contributed by atoms with Gasteiger partial charge >= 0.3 is 0 Å². The van der Waals surface area contributed by atoms with E-state index < -0.39 is 0 Å². The predicted octanol–water partition coefficient (Wildman–Crippen LogP) is 4.14. The van der Waals surface area contributed by atoms with E-state index in [2.05, 4.69) is 9.55 Å². The first kappa shape index (κ1) is 18.4. The highest BCUT2D eigenvalue weighted by Gasteiger charge is 2.21. The van der Waals surface area contributed by atoms with Gasteiger partial charge in [0.05, 0.1) is 6.33 Å². The monoisotopic (exact) mass is 355 g/mol. The quantitative estimate of drug-likeness (QED) is 0.748. The van der Waals surface area contributed by atoms with E-state index in [4.69, 9.17) is 0 Å². The highest BCUT2D eigenvalue weighted by molar-refractivity contribution is 5.78. The number of carbonyl (C=O) groups excluding carboxylic acids is 1. The van der Waals surface area contributed by atoms with Crippen LogP contribution in [0.1, 0.15) is 37.7 Å². The maximum absolute atomic E-state index is 13.6. The molecular formula is C21H26FN3O. The third-order valence-corrected chi connectivity index (χ3v) is 5.05. The van der Waals surface area contributed by atoms with Crippen LogP contribution in [0.2, 0.25) is 0 Å². The Bertz CT molecular complexity index is 719. The minimum atomic E-state index is -0.257. The third-order valence-electron chi connectivity index (χ3n) is 5.05. The van der Waals surface area contributed by atoms with Crippen LogP contribution >= 0.6 is 0 Å². The number of halogens is 1. The fourth-order valence-corrected chi connectivity index (χ4v) is 3.48. The Balaban J connectivity index is 1.36. The van der Waals surface area contributed by atoms with Gasteiger partial charge in [0, 0.05) is 44.0 Å². The predicted molar refractivity (Wildman–Crippen MR) is 101 cm³/mol. The lowest BCUT2D eigenvalue weighted by Gasteiger charge is -2.32. The molecule has 1 amide bonds. The van der Waals surface area contributed by atoms with Crippen molar-refractivity contribution in [2.75, 3.05) is 13.1 Å². The van der Waals surface area contributed by atoms with Crippen molar-refractivity contribution in [2.24, 2.45) is 5.92 Å². The molecule has 0 aliphatic carbocycles. The van der Waals surface area contributed by atoms with Crippen LogP contribution in [0.15, 0.2) is 49.1 Å². The van der Waals surface area contributed by atoms with Crippen molar-refractivity contribution in [2.45, 2.75) is 38.6 Å². The van der Waals surface area contributed by atoms with E-state index in [0.29, 0.717) is 17.9 Å². The summed E-state index contributed by atoms with van der Waals surface area (Å²) in [6.07, 6.45) is 14.0. The molecule has 2 heterocycles. The van der Waals surface area contributed by atoms with Gasteiger partial charge in [0.2, 0.25) is 5.91 Å². The first-order valence-corrected chi connectivity index (χ1v) is 9.37. The molecule has 26 heavy (non-hydrogen) atoms. The number of aromatic nitrogens is 2. The highest BCUT2D eigenvalue weighted by Crippen LogP contribution is 2.22. The van der Waals surface area contributed by atoms with Crippen molar-refractivity contribution in [3.05, 3.63) is 60.4 Å². The zero-order chi connectivity index (χ0) is 18.2. The summed E-state index contributed by atoms with van der Waals surface area (Å²) in [6.45, 7) is 2.68. The van der Waals surface area contributed by atoms with Crippen molar-refractivity contribution < 1.29 is 9.18 Å². The van der Waals surface area contributed by atoms with Crippen molar-refractivity contribution in [1.29, 1.82) is 0 Å². The number of rotatable bonds is 7. The van der Waals surface area contributed by atoms with Gasteiger partial charge in [-0.3, -0.25) is 4.79 Å². The Morgan fingerprint density at radius 3 is 2.81 bits per heavy atom. The van der Waals surface area contributed by atoms with E-state index in [1.54, 1.807) is 30.4 Å². The van der Waals surface area contributed by atoms with Crippen LogP contribution in [0, 0.1) is 11.7 Å². The number of amides is 1. The zero-order valence-corrected chi connectivity index (χ0v) is 15.1. The molecule has 0 spiro atoms. The van der Waals surface area contributed by atoms with Crippen molar-refractivity contribution in [1.82, 2.24) is 14.5 Å². The van der Waals surface area contributed by atoms with Crippen LogP contribution in [-0.4, -0.2) is 33.4 Å². The van der Waals surface area contributed by atoms with Crippen LogP contribution in [-0.2, 0) is 11.3 Å². The van der Waals surface area contributed by atoms with Crippen molar-refractivity contribution in [3.63, 3.8) is 0 Å². The molecule has 1 aliphatic heterocycles. The molecule has 1 fully saturated rings. The second-order valence-electron chi connectivity index (χ2n) is 6.89. The summed E-state index contributed by atoms with van der Waals surface area (Å²) in [5.41, 5.74) is 0.525. The second-order valence-corrected chi connectivity index (χ2v) is 6.89. The van der Waals surface area contributed by atoms with E-state index in [0.717, 1.165) is 38.9 Å². The van der Waals surface area contributed by atoms with Gasteiger partial charge in [-0.2, -0.15) is 0 Å². The van der Waals surface area contributed by atoms with Crippen LogP contribution < -0.4 is 0 Å². The van der Waals surface area contributed by atoms with Crippen molar-refractivity contribution in [3.8, 4) is 0 Å². The summed E-state index contributed by atoms with van der Waals surface area (Å²) in [5.74, 6) is 0.582. The molecule has 0 atom stereocenters. The normalized spacial score (nSPS) is 15.7. The number of likely N-dealkylation sites (tertiary alicyclic amines) is 1. The number of aryl methyl sites for hydroxylation is 1. The molecule has 1 aromatic heterocycles. The second kappa shape index (κ2) is 9.32. The third kappa shape index (κ3) is 5.28. The molecule has 0 radical (unpaired) electrons. The Labute approximate surface area is 154 Å². The van der Waals surface area contributed by atoms with Gasteiger partial charge in [0.15, 0.2) is 0 Å². The first-order chi connectivity index (χ1) is 12.7. The Hall–Kier alpha value is -2.43. The van der Waals surface area contributed by atoms with Gasteiger partial charge in [-0.15, -0.1) is 0 Å². The lowest BCUT2D eigenvalue weighted by Crippen LogP contribution is -2.38. The van der Waals surface area contributed by atoms with Gasteiger partial charge in [0.1, 0.15) is 5.82 Å². The van der Waals surface area contributed by atoms with E-state index in [1.165, 1.54) is 12.5 Å². The molecule has 138 valence electrons.